The maximum Gasteiger partial charge on any atom is 0.180 e. The van der Waals surface area contributed by atoms with Gasteiger partial charge in [0.05, 0.1) is 12.0 Å². The zero-order chi connectivity index (χ0) is 12.7. The quantitative estimate of drug-likeness (QED) is 0.760. The first-order chi connectivity index (χ1) is 9.43. The first-order valence-electron chi connectivity index (χ1n) is 6.62. The van der Waals surface area contributed by atoms with Crippen LogP contribution >= 0.6 is 0 Å². The van der Waals surface area contributed by atoms with E-state index >= 15 is 0 Å². The first-order valence-corrected chi connectivity index (χ1v) is 6.62. The Balaban J connectivity index is 1.75. The Kier molecular flexibility index (Phi) is 2.33. The molecule has 1 aliphatic rings. The molecule has 1 saturated carbocycles. The standard InChI is InChI=1S/C15H14N4/c1-2-4-10(5-3-1)11-6-7-12(11)13-14-15(18-8-16-13)19-9-17-14/h1-5,8-9,11-12H,6-7H2,(H,16,17,18,19). The van der Waals surface area contributed by atoms with Gasteiger partial charge in [0.25, 0.3) is 0 Å². The molecule has 0 radical (unpaired) electrons. The second-order valence-corrected chi connectivity index (χ2v) is 5.06. The fraction of sp³-hybridized carbons (Fsp3) is 0.267. The molecule has 0 amide bonds. The zero-order valence-electron chi connectivity index (χ0n) is 10.5. The summed E-state index contributed by atoms with van der Waals surface area (Å²) in [5, 5.41) is 0. The SMILES string of the molecule is c1ccc(C2CCC2c2ncnc3nc[nH]c23)cc1. The predicted octanol–water partition coefficient (Wildman–Crippen LogP) is 3.01. The molecule has 0 bridgehead atoms. The van der Waals surface area contributed by atoms with Crippen LogP contribution < -0.4 is 0 Å². The molecule has 1 fully saturated rings. The highest BCUT2D eigenvalue weighted by Crippen LogP contribution is 2.49. The van der Waals surface area contributed by atoms with Crippen molar-refractivity contribution in [3.05, 3.63) is 54.2 Å². The van der Waals surface area contributed by atoms with Gasteiger partial charge in [-0.15, -0.1) is 0 Å². The Morgan fingerprint density at radius 1 is 0.947 bits per heavy atom. The summed E-state index contributed by atoms with van der Waals surface area (Å²) < 4.78 is 0. The normalized spacial score (nSPS) is 22.3. The molecule has 1 N–H and O–H groups in total. The summed E-state index contributed by atoms with van der Waals surface area (Å²) in [6, 6.07) is 10.7. The number of imidazole rings is 1. The highest BCUT2D eigenvalue weighted by atomic mass is 15.0. The van der Waals surface area contributed by atoms with Gasteiger partial charge in [0.1, 0.15) is 11.8 Å². The average Bonchev–Trinajstić information content (AvgIpc) is 2.88. The minimum atomic E-state index is 0.480. The van der Waals surface area contributed by atoms with Gasteiger partial charge in [-0.05, 0) is 24.3 Å². The number of nitrogens with zero attached hydrogens (tertiary/aromatic N) is 3. The molecule has 2 atom stereocenters. The van der Waals surface area contributed by atoms with E-state index in [1.54, 1.807) is 12.7 Å². The van der Waals surface area contributed by atoms with Gasteiger partial charge < -0.3 is 4.98 Å². The molecular formula is C15H14N4. The largest absolute Gasteiger partial charge is 0.342 e. The lowest BCUT2D eigenvalue weighted by molar-refractivity contribution is 0.341. The predicted molar refractivity (Wildman–Crippen MR) is 72.8 cm³/mol. The molecule has 3 aromatic rings. The third kappa shape index (κ3) is 1.63. The molecule has 0 saturated heterocycles. The summed E-state index contributed by atoms with van der Waals surface area (Å²) >= 11 is 0. The van der Waals surface area contributed by atoms with Gasteiger partial charge in [0.2, 0.25) is 0 Å². The summed E-state index contributed by atoms with van der Waals surface area (Å²) in [6.45, 7) is 0. The first kappa shape index (κ1) is 10.7. The van der Waals surface area contributed by atoms with Gasteiger partial charge in [-0.1, -0.05) is 30.3 Å². The van der Waals surface area contributed by atoms with E-state index in [1.165, 1.54) is 18.4 Å². The van der Waals surface area contributed by atoms with Crippen LogP contribution in [0.25, 0.3) is 11.2 Å². The molecule has 2 unspecified atom stereocenters. The van der Waals surface area contributed by atoms with E-state index < -0.39 is 0 Å². The maximum absolute atomic E-state index is 4.49. The molecule has 4 rings (SSSR count). The van der Waals surface area contributed by atoms with Crippen molar-refractivity contribution in [3.8, 4) is 0 Å². The Morgan fingerprint density at radius 3 is 2.58 bits per heavy atom. The van der Waals surface area contributed by atoms with Crippen LogP contribution in [-0.4, -0.2) is 19.9 Å². The third-order valence-corrected chi connectivity index (χ3v) is 4.11. The van der Waals surface area contributed by atoms with Crippen molar-refractivity contribution in [1.82, 2.24) is 19.9 Å². The van der Waals surface area contributed by atoms with Crippen molar-refractivity contribution < 1.29 is 0 Å². The van der Waals surface area contributed by atoms with Crippen molar-refractivity contribution in [2.45, 2.75) is 24.7 Å². The fourth-order valence-electron chi connectivity index (χ4n) is 2.99. The molecule has 4 heteroatoms. The van der Waals surface area contributed by atoms with Crippen LogP contribution in [0.5, 0.6) is 0 Å². The summed E-state index contributed by atoms with van der Waals surface area (Å²) in [5.74, 6) is 1.05. The number of rotatable bonds is 2. The smallest absolute Gasteiger partial charge is 0.180 e. The van der Waals surface area contributed by atoms with Crippen molar-refractivity contribution in [2.75, 3.05) is 0 Å². The van der Waals surface area contributed by atoms with Gasteiger partial charge >= 0.3 is 0 Å². The van der Waals surface area contributed by atoms with E-state index in [1.807, 2.05) is 0 Å². The van der Waals surface area contributed by atoms with Crippen LogP contribution in [0, 0.1) is 0 Å². The number of H-pyrrole nitrogens is 1. The van der Waals surface area contributed by atoms with Crippen LogP contribution in [0.4, 0.5) is 0 Å². The lowest BCUT2D eigenvalue weighted by Gasteiger charge is -2.36. The number of aromatic nitrogens is 4. The van der Waals surface area contributed by atoms with Gasteiger partial charge in [-0.2, -0.15) is 0 Å². The van der Waals surface area contributed by atoms with Gasteiger partial charge in [0, 0.05) is 5.92 Å². The number of hydrogen-bond donors (Lipinski definition) is 1. The molecular weight excluding hydrogens is 236 g/mol. The number of benzene rings is 1. The molecule has 1 aromatic carbocycles. The summed E-state index contributed by atoms with van der Waals surface area (Å²) in [4.78, 5) is 16.1. The monoisotopic (exact) mass is 250 g/mol. The van der Waals surface area contributed by atoms with Crippen LogP contribution in [0.3, 0.4) is 0 Å². The van der Waals surface area contributed by atoms with Crippen LogP contribution in [0.1, 0.15) is 35.9 Å². The molecule has 94 valence electrons. The van der Waals surface area contributed by atoms with Crippen molar-refractivity contribution in [3.63, 3.8) is 0 Å². The minimum Gasteiger partial charge on any atom is -0.342 e. The molecule has 0 aliphatic heterocycles. The van der Waals surface area contributed by atoms with Crippen LogP contribution in [0.2, 0.25) is 0 Å². The Morgan fingerprint density at radius 2 is 1.79 bits per heavy atom. The number of fused-ring (bicyclic) bond motifs is 1. The van der Waals surface area contributed by atoms with E-state index in [0.29, 0.717) is 11.8 Å². The average molecular weight is 250 g/mol. The molecule has 4 nitrogen and oxygen atoms in total. The third-order valence-electron chi connectivity index (χ3n) is 4.11. The van der Waals surface area contributed by atoms with E-state index in [4.69, 9.17) is 0 Å². The lowest BCUT2D eigenvalue weighted by Crippen LogP contribution is -2.23. The van der Waals surface area contributed by atoms with Gasteiger partial charge in [-0.3, -0.25) is 0 Å². The van der Waals surface area contributed by atoms with Crippen LogP contribution in [-0.2, 0) is 0 Å². The molecule has 2 heterocycles. The number of nitrogens with one attached hydrogen (secondary N) is 1. The maximum atomic E-state index is 4.49. The van der Waals surface area contributed by atoms with Gasteiger partial charge in [-0.25, -0.2) is 15.0 Å². The zero-order valence-corrected chi connectivity index (χ0v) is 10.5. The minimum absolute atomic E-state index is 0.480. The van der Waals surface area contributed by atoms with E-state index in [0.717, 1.165) is 16.9 Å². The summed E-state index contributed by atoms with van der Waals surface area (Å²) in [7, 11) is 0. The highest BCUT2D eigenvalue weighted by Gasteiger charge is 2.35. The Hall–Kier alpha value is -2.23. The number of aromatic amines is 1. The second-order valence-electron chi connectivity index (χ2n) is 5.06. The topological polar surface area (TPSA) is 54.5 Å². The Labute approximate surface area is 110 Å². The van der Waals surface area contributed by atoms with E-state index in [-0.39, 0.29) is 0 Å². The molecule has 1 aliphatic carbocycles. The van der Waals surface area contributed by atoms with Crippen molar-refractivity contribution >= 4 is 11.2 Å². The Bertz CT molecular complexity index is 704. The summed E-state index contributed by atoms with van der Waals surface area (Å²) in [5.41, 5.74) is 4.28. The molecule has 2 aromatic heterocycles. The lowest BCUT2D eigenvalue weighted by atomic mass is 9.68. The van der Waals surface area contributed by atoms with Gasteiger partial charge in [0.15, 0.2) is 5.65 Å². The molecule has 19 heavy (non-hydrogen) atoms. The second kappa shape index (κ2) is 4.16. The number of hydrogen-bond acceptors (Lipinski definition) is 3. The van der Waals surface area contributed by atoms with E-state index in [9.17, 15) is 0 Å². The van der Waals surface area contributed by atoms with E-state index in [2.05, 4.69) is 50.3 Å². The van der Waals surface area contributed by atoms with Crippen LogP contribution in [0.15, 0.2) is 43.0 Å². The highest BCUT2D eigenvalue weighted by molar-refractivity contribution is 5.73. The van der Waals surface area contributed by atoms with Crippen molar-refractivity contribution in [1.29, 1.82) is 0 Å². The molecule has 0 spiro atoms. The fourth-order valence-corrected chi connectivity index (χ4v) is 2.99. The summed E-state index contributed by atoms with van der Waals surface area (Å²) in [6.07, 6.45) is 5.73. The van der Waals surface area contributed by atoms with Crippen molar-refractivity contribution in [2.24, 2.45) is 0 Å².